The van der Waals surface area contributed by atoms with E-state index >= 15 is 0 Å². The zero-order chi connectivity index (χ0) is 18.1. The van der Waals surface area contributed by atoms with Crippen LogP contribution in [0.4, 0.5) is 0 Å². The van der Waals surface area contributed by atoms with Gasteiger partial charge in [0, 0.05) is 52.5 Å². The summed E-state index contributed by atoms with van der Waals surface area (Å²) in [5, 5.41) is 0. The Bertz CT molecular complexity index is 654. The molecule has 3 fully saturated rings. The molecule has 1 spiro atoms. The van der Waals surface area contributed by atoms with Crippen molar-refractivity contribution in [2.24, 2.45) is 5.92 Å². The Morgan fingerprint density at radius 2 is 1.89 bits per heavy atom. The molecule has 0 unspecified atom stereocenters. The predicted octanol–water partition coefficient (Wildman–Crippen LogP) is 2.59. The fraction of sp³-hybridized carbons (Fsp3) is 0.714. The Morgan fingerprint density at radius 3 is 2.78 bits per heavy atom. The summed E-state index contributed by atoms with van der Waals surface area (Å²) in [6.45, 7) is 6.70. The van der Waals surface area contributed by atoms with E-state index in [1.165, 1.54) is 5.56 Å². The Balaban J connectivity index is 1.10. The van der Waals surface area contributed by atoms with Gasteiger partial charge in [0.05, 0.1) is 11.7 Å². The van der Waals surface area contributed by atoms with Crippen molar-refractivity contribution in [3.63, 3.8) is 0 Å². The van der Waals surface area contributed by atoms with Gasteiger partial charge in [-0.2, -0.15) is 0 Å². The monoisotopic (exact) mass is 375 g/mol. The van der Waals surface area contributed by atoms with Gasteiger partial charge in [0.25, 0.3) is 0 Å². The van der Waals surface area contributed by atoms with E-state index in [1.54, 1.807) is 0 Å². The molecule has 6 heteroatoms. The van der Waals surface area contributed by atoms with Crippen LogP contribution in [0.1, 0.15) is 31.2 Å². The van der Waals surface area contributed by atoms with Crippen LogP contribution in [0.2, 0.25) is 0 Å². The van der Waals surface area contributed by atoms with Crippen molar-refractivity contribution in [3.05, 3.63) is 23.8 Å². The maximum atomic E-state index is 6.27. The first-order valence-corrected chi connectivity index (χ1v) is 10.2. The van der Waals surface area contributed by atoms with E-state index < -0.39 is 0 Å². The van der Waals surface area contributed by atoms with Gasteiger partial charge >= 0.3 is 0 Å². The summed E-state index contributed by atoms with van der Waals surface area (Å²) >= 11 is 0. The van der Waals surface area contributed by atoms with Crippen LogP contribution in [-0.4, -0.2) is 62.9 Å². The highest BCUT2D eigenvalue weighted by atomic mass is 16.7. The third-order valence-corrected chi connectivity index (χ3v) is 6.22. The second-order valence-corrected chi connectivity index (χ2v) is 8.37. The van der Waals surface area contributed by atoms with Gasteiger partial charge in [0.2, 0.25) is 6.79 Å². The van der Waals surface area contributed by atoms with E-state index in [2.05, 4.69) is 17.0 Å². The summed E-state index contributed by atoms with van der Waals surface area (Å²) in [4.78, 5) is 2.44. The fourth-order valence-corrected chi connectivity index (χ4v) is 4.71. The van der Waals surface area contributed by atoms with Crippen molar-refractivity contribution < 1.29 is 23.7 Å². The summed E-state index contributed by atoms with van der Waals surface area (Å²) in [6, 6.07) is 6.22. The molecule has 0 aliphatic carbocycles. The molecule has 0 N–H and O–H groups in total. The van der Waals surface area contributed by atoms with Crippen LogP contribution >= 0.6 is 0 Å². The first-order chi connectivity index (χ1) is 13.3. The molecular weight excluding hydrogens is 346 g/mol. The Labute approximate surface area is 160 Å². The smallest absolute Gasteiger partial charge is 0.231 e. The van der Waals surface area contributed by atoms with Gasteiger partial charge in [-0.15, -0.1) is 0 Å². The van der Waals surface area contributed by atoms with Gasteiger partial charge in [-0.3, -0.25) is 4.90 Å². The predicted molar refractivity (Wildman–Crippen MR) is 99.0 cm³/mol. The van der Waals surface area contributed by atoms with Crippen molar-refractivity contribution in [3.8, 4) is 11.5 Å². The van der Waals surface area contributed by atoms with Crippen LogP contribution in [0.25, 0.3) is 0 Å². The van der Waals surface area contributed by atoms with Crippen LogP contribution in [0.5, 0.6) is 11.5 Å². The molecular formula is C21H29NO5. The van der Waals surface area contributed by atoms with E-state index in [0.29, 0.717) is 18.8 Å². The minimum Gasteiger partial charge on any atom is -0.454 e. The fourth-order valence-electron chi connectivity index (χ4n) is 4.71. The number of hydrogen-bond donors (Lipinski definition) is 0. The number of hydrogen-bond acceptors (Lipinski definition) is 6. The molecule has 1 aromatic rings. The molecule has 4 aliphatic rings. The van der Waals surface area contributed by atoms with Gasteiger partial charge in [-0.05, 0) is 42.9 Å². The lowest BCUT2D eigenvalue weighted by atomic mass is 9.84. The van der Waals surface area contributed by atoms with Crippen LogP contribution < -0.4 is 9.47 Å². The molecule has 3 saturated heterocycles. The Morgan fingerprint density at radius 1 is 1.04 bits per heavy atom. The highest BCUT2D eigenvalue weighted by Gasteiger charge is 2.47. The molecule has 1 aromatic carbocycles. The average molecular weight is 375 g/mol. The van der Waals surface area contributed by atoms with E-state index in [4.69, 9.17) is 23.7 Å². The molecule has 6 nitrogen and oxygen atoms in total. The molecule has 0 aromatic heterocycles. The first kappa shape index (κ1) is 17.7. The zero-order valence-corrected chi connectivity index (χ0v) is 15.9. The summed E-state index contributed by atoms with van der Waals surface area (Å²) < 4.78 is 28.8. The topological polar surface area (TPSA) is 49.4 Å². The number of rotatable bonds is 5. The minimum atomic E-state index is -0.00503. The van der Waals surface area contributed by atoms with E-state index in [-0.39, 0.29) is 5.60 Å². The highest BCUT2D eigenvalue weighted by molar-refractivity contribution is 5.44. The van der Waals surface area contributed by atoms with Gasteiger partial charge in [-0.25, -0.2) is 0 Å². The van der Waals surface area contributed by atoms with E-state index in [0.717, 1.165) is 83.2 Å². The molecule has 4 aliphatic heterocycles. The lowest BCUT2D eigenvalue weighted by Gasteiger charge is -2.53. The summed E-state index contributed by atoms with van der Waals surface area (Å²) in [6.07, 6.45) is 4.66. The van der Waals surface area contributed by atoms with Gasteiger partial charge < -0.3 is 23.7 Å². The molecule has 148 valence electrons. The number of nitrogens with zero attached hydrogens (tertiary/aromatic N) is 1. The normalized spacial score (nSPS) is 27.6. The highest BCUT2D eigenvalue weighted by Crippen LogP contribution is 2.38. The van der Waals surface area contributed by atoms with E-state index in [9.17, 15) is 0 Å². The largest absolute Gasteiger partial charge is 0.454 e. The second kappa shape index (κ2) is 7.59. The van der Waals surface area contributed by atoms with Gasteiger partial charge in [0.15, 0.2) is 11.5 Å². The summed E-state index contributed by atoms with van der Waals surface area (Å²) in [5.74, 6) is 2.37. The molecule has 27 heavy (non-hydrogen) atoms. The molecule has 5 rings (SSSR count). The SMILES string of the molecule is c1cc2c(cc1CN1CC3(C[C@H](OCC4CCOCC4)CCO3)C1)OCO2. The van der Waals surface area contributed by atoms with Crippen LogP contribution in [0, 0.1) is 5.92 Å². The minimum absolute atomic E-state index is 0.00503. The van der Waals surface area contributed by atoms with Gasteiger partial charge in [0.1, 0.15) is 0 Å². The van der Waals surface area contributed by atoms with Crippen molar-refractivity contribution in [1.82, 2.24) is 4.90 Å². The molecule has 0 bridgehead atoms. The lowest BCUT2D eigenvalue weighted by Crippen LogP contribution is -2.65. The maximum absolute atomic E-state index is 6.27. The molecule has 0 saturated carbocycles. The quantitative estimate of drug-likeness (QED) is 0.789. The van der Waals surface area contributed by atoms with Crippen molar-refractivity contribution in [1.29, 1.82) is 0 Å². The number of likely N-dealkylation sites (tertiary alicyclic amines) is 1. The summed E-state index contributed by atoms with van der Waals surface area (Å²) in [5.41, 5.74) is 1.26. The van der Waals surface area contributed by atoms with Crippen molar-refractivity contribution in [2.45, 2.75) is 43.9 Å². The molecule has 0 amide bonds. The number of fused-ring (bicyclic) bond motifs is 1. The second-order valence-electron chi connectivity index (χ2n) is 8.37. The van der Waals surface area contributed by atoms with Crippen LogP contribution in [-0.2, 0) is 20.8 Å². The maximum Gasteiger partial charge on any atom is 0.231 e. The molecule has 0 radical (unpaired) electrons. The van der Waals surface area contributed by atoms with Crippen LogP contribution in [0.3, 0.4) is 0 Å². The zero-order valence-electron chi connectivity index (χ0n) is 15.9. The average Bonchev–Trinajstić information content (AvgIpc) is 3.14. The third-order valence-electron chi connectivity index (χ3n) is 6.22. The number of ether oxygens (including phenoxy) is 5. The molecule has 1 atom stereocenters. The summed E-state index contributed by atoms with van der Waals surface area (Å²) in [7, 11) is 0. The number of benzene rings is 1. The lowest BCUT2D eigenvalue weighted by molar-refractivity contribution is -0.201. The van der Waals surface area contributed by atoms with Crippen molar-refractivity contribution in [2.75, 3.05) is 46.3 Å². The molecule has 4 heterocycles. The van der Waals surface area contributed by atoms with Crippen molar-refractivity contribution >= 4 is 0 Å². The first-order valence-electron chi connectivity index (χ1n) is 10.2. The van der Waals surface area contributed by atoms with Gasteiger partial charge in [-0.1, -0.05) is 6.07 Å². The van der Waals surface area contributed by atoms with E-state index in [1.807, 2.05) is 6.07 Å². The Kier molecular flexibility index (Phi) is 4.98. The Hall–Kier alpha value is -1.34. The van der Waals surface area contributed by atoms with Crippen LogP contribution in [0.15, 0.2) is 18.2 Å². The third kappa shape index (κ3) is 3.94. The standard InChI is InChI=1S/C21H29NO5/c1-2-19-20(26-15-25-19)9-17(1)11-22-13-21(14-22)10-18(5-8-27-21)24-12-16-3-6-23-7-4-16/h1-2,9,16,18H,3-8,10-15H2/t18-/m1/s1.